The number of benzene rings is 2. The van der Waals surface area contributed by atoms with Gasteiger partial charge in [-0.1, -0.05) is 28.1 Å². The van der Waals surface area contributed by atoms with Crippen LogP contribution in [-0.4, -0.2) is 0 Å². The molecule has 2 rings (SSSR count). The van der Waals surface area contributed by atoms with Crippen molar-refractivity contribution in [2.45, 2.75) is 12.8 Å². The Morgan fingerprint density at radius 1 is 1.17 bits per heavy atom. The molecule has 0 atom stereocenters. The molecule has 18 heavy (non-hydrogen) atoms. The Bertz CT molecular complexity index is 572. The summed E-state index contributed by atoms with van der Waals surface area (Å²) in [4.78, 5) is 0. The van der Waals surface area contributed by atoms with Crippen LogP contribution in [0.1, 0.15) is 11.1 Å². The number of ether oxygens (including phenoxy) is 1. The number of hydrogen-bond donors (Lipinski definition) is 0. The summed E-state index contributed by atoms with van der Waals surface area (Å²) < 4.78 is 19.9. The number of aryl methyl sites for hydroxylation is 1. The topological polar surface area (TPSA) is 9.23 Å². The van der Waals surface area contributed by atoms with Crippen LogP contribution < -0.4 is 4.74 Å². The molecule has 0 amide bonds. The maximum atomic E-state index is 13.6. The van der Waals surface area contributed by atoms with E-state index in [9.17, 15) is 4.39 Å². The zero-order valence-corrected chi connectivity index (χ0v) is 12.1. The molecule has 0 N–H and O–H groups in total. The average Bonchev–Trinajstić information content (AvgIpc) is 2.34. The lowest BCUT2D eigenvalue weighted by Gasteiger charge is -2.10. The van der Waals surface area contributed by atoms with Crippen LogP contribution in [0.2, 0.25) is 0 Å². The zero-order chi connectivity index (χ0) is 13.1. The summed E-state index contributed by atoms with van der Waals surface area (Å²) in [6.07, 6.45) is 0. The smallest absolute Gasteiger partial charge is 0.166 e. The summed E-state index contributed by atoms with van der Waals surface area (Å²) in [6, 6.07) is 10.3. The number of rotatable bonds is 3. The van der Waals surface area contributed by atoms with Gasteiger partial charge in [0, 0.05) is 10.4 Å². The average molecular weight is 330 g/mol. The highest BCUT2D eigenvalue weighted by Gasteiger charge is 2.07. The second-order valence-corrected chi connectivity index (χ2v) is 5.09. The quantitative estimate of drug-likeness (QED) is 0.682. The third-order valence-corrected chi connectivity index (χ3v) is 3.31. The summed E-state index contributed by atoms with van der Waals surface area (Å²) in [6.45, 7) is 1.90. The third kappa shape index (κ3) is 3.03. The van der Waals surface area contributed by atoms with Crippen LogP contribution in [0.15, 0.2) is 40.9 Å². The first-order chi connectivity index (χ1) is 8.60. The SMILES string of the molecule is Cc1cc(CCl)ccc1Oc1ccc(Br)cc1F. The third-order valence-electron chi connectivity index (χ3n) is 2.51. The van der Waals surface area contributed by atoms with E-state index in [1.54, 1.807) is 18.2 Å². The highest BCUT2D eigenvalue weighted by atomic mass is 79.9. The minimum absolute atomic E-state index is 0.208. The van der Waals surface area contributed by atoms with Crippen molar-refractivity contribution in [3.63, 3.8) is 0 Å². The van der Waals surface area contributed by atoms with Crippen molar-refractivity contribution in [1.29, 1.82) is 0 Å². The van der Waals surface area contributed by atoms with E-state index >= 15 is 0 Å². The van der Waals surface area contributed by atoms with Crippen molar-refractivity contribution in [1.82, 2.24) is 0 Å². The van der Waals surface area contributed by atoms with Gasteiger partial charge in [-0.25, -0.2) is 4.39 Å². The van der Waals surface area contributed by atoms with Crippen LogP contribution in [0, 0.1) is 12.7 Å². The van der Waals surface area contributed by atoms with Crippen LogP contribution >= 0.6 is 27.5 Å². The van der Waals surface area contributed by atoms with Gasteiger partial charge in [0.05, 0.1) is 0 Å². The molecule has 0 bridgehead atoms. The minimum Gasteiger partial charge on any atom is -0.454 e. The van der Waals surface area contributed by atoms with Gasteiger partial charge in [-0.05, 0) is 42.3 Å². The van der Waals surface area contributed by atoms with E-state index < -0.39 is 5.82 Å². The Balaban J connectivity index is 2.28. The van der Waals surface area contributed by atoms with Crippen molar-refractivity contribution >= 4 is 27.5 Å². The molecular weight excluding hydrogens is 319 g/mol. The normalized spacial score (nSPS) is 10.4. The van der Waals surface area contributed by atoms with E-state index in [1.165, 1.54) is 6.07 Å². The maximum absolute atomic E-state index is 13.6. The minimum atomic E-state index is -0.398. The van der Waals surface area contributed by atoms with E-state index in [-0.39, 0.29) is 5.75 Å². The van der Waals surface area contributed by atoms with Crippen LogP contribution in [0.25, 0.3) is 0 Å². The molecule has 2 aromatic rings. The molecule has 4 heteroatoms. The fourth-order valence-electron chi connectivity index (χ4n) is 1.59. The van der Waals surface area contributed by atoms with Crippen LogP contribution in [0.5, 0.6) is 11.5 Å². The summed E-state index contributed by atoms with van der Waals surface area (Å²) in [5.74, 6) is 0.892. The molecule has 0 aliphatic rings. The zero-order valence-electron chi connectivity index (χ0n) is 9.71. The van der Waals surface area contributed by atoms with E-state index in [4.69, 9.17) is 16.3 Å². The molecule has 0 spiro atoms. The standard InChI is InChI=1S/C14H11BrClFO/c1-9-6-10(8-16)2-4-13(9)18-14-5-3-11(15)7-12(14)17/h2-7H,8H2,1H3. The number of alkyl halides is 1. The first-order valence-electron chi connectivity index (χ1n) is 5.38. The van der Waals surface area contributed by atoms with E-state index in [0.29, 0.717) is 16.1 Å². The van der Waals surface area contributed by atoms with Gasteiger partial charge in [-0.3, -0.25) is 0 Å². The molecule has 0 aliphatic heterocycles. The Morgan fingerprint density at radius 3 is 2.50 bits per heavy atom. The molecule has 0 aromatic heterocycles. The summed E-state index contributed by atoms with van der Waals surface area (Å²) in [5.41, 5.74) is 1.94. The first kappa shape index (κ1) is 13.4. The molecule has 0 fully saturated rings. The van der Waals surface area contributed by atoms with E-state index in [0.717, 1.165) is 11.1 Å². The van der Waals surface area contributed by atoms with Gasteiger partial charge in [0.15, 0.2) is 11.6 Å². The number of halogens is 3. The second-order valence-electron chi connectivity index (χ2n) is 3.91. The van der Waals surface area contributed by atoms with Gasteiger partial charge in [0.2, 0.25) is 0 Å². The first-order valence-corrected chi connectivity index (χ1v) is 6.71. The lowest BCUT2D eigenvalue weighted by atomic mass is 10.1. The Kier molecular flexibility index (Phi) is 4.25. The second kappa shape index (κ2) is 5.72. The Labute approximate surface area is 119 Å². The molecule has 1 nitrogen and oxygen atoms in total. The molecule has 0 radical (unpaired) electrons. The van der Waals surface area contributed by atoms with Crippen LogP contribution in [0.3, 0.4) is 0 Å². The fraction of sp³-hybridized carbons (Fsp3) is 0.143. The lowest BCUT2D eigenvalue weighted by Crippen LogP contribution is -1.91. The van der Waals surface area contributed by atoms with E-state index in [1.807, 2.05) is 19.1 Å². The van der Waals surface area contributed by atoms with Gasteiger partial charge in [0.1, 0.15) is 5.75 Å². The van der Waals surface area contributed by atoms with Gasteiger partial charge in [-0.15, -0.1) is 11.6 Å². The molecule has 2 aromatic carbocycles. The van der Waals surface area contributed by atoms with E-state index in [2.05, 4.69) is 15.9 Å². The number of hydrogen-bond acceptors (Lipinski definition) is 1. The van der Waals surface area contributed by atoms with Gasteiger partial charge < -0.3 is 4.74 Å². The lowest BCUT2D eigenvalue weighted by molar-refractivity contribution is 0.439. The molecular formula is C14H11BrClFO. The molecule has 0 unspecified atom stereocenters. The predicted octanol–water partition coefficient (Wildman–Crippen LogP) is 5.43. The summed E-state index contributed by atoms with van der Waals surface area (Å²) in [5, 5.41) is 0. The van der Waals surface area contributed by atoms with Gasteiger partial charge in [-0.2, -0.15) is 0 Å². The molecule has 0 saturated heterocycles. The predicted molar refractivity (Wildman–Crippen MR) is 74.9 cm³/mol. The van der Waals surface area contributed by atoms with Gasteiger partial charge in [0.25, 0.3) is 0 Å². The summed E-state index contributed by atoms with van der Waals surface area (Å²) >= 11 is 8.95. The Hall–Kier alpha value is -1.06. The van der Waals surface area contributed by atoms with Crippen LogP contribution in [0.4, 0.5) is 4.39 Å². The Morgan fingerprint density at radius 2 is 1.89 bits per heavy atom. The molecule has 0 saturated carbocycles. The van der Waals surface area contributed by atoms with Crippen molar-refractivity contribution in [2.75, 3.05) is 0 Å². The molecule has 0 heterocycles. The monoisotopic (exact) mass is 328 g/mol. The van der Waals surface area contributed by atoms with Crippen molar-refractivity contribution in [2.24, 2.45) is 0 Å². The highest BCUT2D eigenvalue weighted by molar-refractivity contribution is 9.10. The van der Waals surface area contributed by atoms with Crippen molar-refractivity contribution in [3.8, 4) is 11.5 Å². The summed E-state index contributed by atoms with van der Waals surface area (Å²) in [7, 11) is 0. The maximum Gasteiger partial charge on any atom is 0.166 e. The van der Waals surface area contributed by atoms with Gasteiger partial charge >= 0.3 is 0 Å². The highest BCUT2D eigenvalue weighted by Crippen LogP contribution is 2.29. The fourth-order valence-corrected chi connectivity index (χ4v) is 2.08. The largest absolute Gasteiger partial charge is 0.454 e. The van der Waals surface area contributed by atoms with Crippen molar-refractivity contribution < 1.29 is 9.13 Å². The van der Waals surface area contributed by atoms with Crippen LogP contribution in [-0.2, 0) is 5.88 Å². The molecule has 94 valence electrons. The van der Waals surface area contributed by atoms with Crippen molar-refractivity contribution in [3.05, 3.63) is 57.8 Å². The molecule has 0 aliphatic carbocycles.